The number of nitrogens with two attached hydrogens (primary N) is 1. The molecule has 2 aromatic rings. The summed E-state index contributed by atoms with van der Waals surface area (Å²) in [5.74, 6) is 1.67. The van der Waals surface area contributed by atoms with Gasteiger partial charge < -0.3 is 25.2 Å². The van der Waals surface area contributed by atoms with Crippen molar-refractivity contribution in [3.63, 3.8) is 0 Å². The van der Waals surface area contributed by atoms with Crippen molar-refractivity contribution in [1.82, 2.24) is 24.8 Å². The molecule has 2 N–H and O–H groups in total. The molecule has 0 unspecified atom stereocenters. The molecule has 0 aromatic carbocycles. The molecule has 0 spiro atoms. The second kappa shape index (κ2) is 8.44. The van der Waals surface area contributed by atoms with Gasteiger partial charge in [0.05, 0.1) is 30.5 Å². The highest BCUT2D eigenvalue weighted by atomic mass is 16.5. The Balaban J connectivity index is 1.54. The number of carbonyl (C=O) groups excluding carboxylic acids is 1. The van der Waals surface area contributed by atoms with E-state index in [4.69, 9.17) is 25.7 Å². The third-order valence-corrected chi connectivity index (χ3v) is 6.74. The number of likely N-dealkylation sites (tertiary alicyclic amines) is 1. The highest BCUT2D eigenvalue weighted by molar-refractivity contribution is 5.79. The molecular weight excluding hydrogens is 422 g/mol. The lowest BCUT2D eigenvalue weighted by atomic mass is 9.99. The number of ether oxygens (including phenoxy) is 1. The molecule has 1 amide bonds. The molecule has 0 saturated carbocycles. The summed E-state index contributed by atoms with van der Waals surface area (Å²) >= 11 is 0. The van der Waals surface area contributed by atoms with E-state index in [1.807, 2.05) is 6.07 Å². The number of morpholine rings is 1. The summed E-state index contributed by atoms with van der Waals surface area (Å²) < 4.78 is 5.51. The van der Waals surface area contributed by atoms with E-state index in [0.717, 1.165) is 55.1 Å². The summed E-state index contributed by atoms with van der Waals surface area (Å²) in [7, 11) is 0. The molecule has 33 heavy (non-hydrogen) atoms. The minimum absolute atomic E-state index is 0.0860. The van der Waals surface area contributed by atoms with Crippen LogP contribution in [0.1, 0.15) is 25.3 Å². The number of aromatic nitrogens is 4. The van der Waals surface area contributed by atoms with Gasteiger partial charge >= 0.3 is 0 Å². The maximum Gasteiger partial charge on any atom is 0.236 e. The topological polar surface area (TPSA) is 137 Å². The smallest absolute Gasteiger partial charge is 0.236 e. The molecule has 3 aliphatic heterocycles. The molecule has 2 aromatic heterocycles. The predicted molar refractivity (Wildman–Crippen MR) is 121 cm³/mol. The summed E-state index contributed by atoms with van der Waals surface area (Å²) in [6.45, 7) is 6.90. The highest BCUT2D eigenvalue weighted by Crippen LogP contribution is 2.41. The van der Waals surface area contributed by atoms with Crippen LogP contribution in [0.5, 0.6) is 0 Å². The van der Waals surface area contributed by atoms with Gasteiger partial charge in [-0.15, -0.1) is 0 Å². The Morgan fingerprint density at radius 1 is 1.21 bits per heavy atom. The Hall–Kier alpha value is -3.52. The van der Waals surface area contributed by atoms with Crippen LogP contribution in [0.2, 0.25) is 0 Å². The molecule has 5 heterocycles. The van der Waals surface area contributed by atoms with Gasteiger partial charge in [-0.05, 0) is 19.8 Å². The number of carbonyl (C=O) groups is 1. The predicted octanol–water partition coefficient (Wildman–Crippen LogP) is 0.620. The van der Waals surface area contributed by atoms with Crippen LogP contribution in [0, 0.1) is 11.3 Å². The number of hydrogen-bond acceptors (Lipinski definition) is 10. The molecule has 5 rings (SSSR count). The van der Waals surface area contributed by atoms with Crippen molar-refractivity contribution in [1.29, 1.82) is 5.26 Å². The normalized spacial score (nSPS) is 22.4. The summed E-state index contributed by atoms with van der Waals surface area (Å²) in [6, 6.07) is 1.97. The monoisotopic (exact) mass is 449 g/mol. The van der Waals surface area contributed by atoms with Gasteiger partial charge in [0.1, 0.15) is 12.2 Å². The van der Waals surface area contributed by atoms with Gasteiger partial charge in [-0.3, -0.25) is 4.79 Å². The Kier molecular flexibility index (Phi) is 5.46. The summed E-state index contributed by atoms with van der Waals surface area (Å²) in [5.41, 5.74) is 8.13. The maximum absolute atomic E-state index is 12.3. The van der Waals surface area contributed by atoms with Crippen LogP contribution in [0.25, 0.3) is 11.3 Å². The zero-order valence-electron chi connectivity index (χ0n) is 18.7. The number of hydrogen-bond donors (Lipinski definition) is 1. The largest absolute Gasteiger partial charge is 0.378 e. The van der Waals surface area contributed by atoms with Crippen molar-refractivity contribution < 1.29 is 9.53 Å². The van der Waals surface area contributed by atoms with Crippen LogP contribution < -0.4 is 15.5 Å². The molecule has 0 bridgehead atoms. The maximum atomic E-state index is 12.3. The minimum atomic E-state index is -0.262. The number of amides is 1. The van der Waals surface area contributed by atoms with E-state index in [1.54, 1.807) is 17.3 Å². The summed E-state index contributed by atoms with van der Waals surface area (Å²) in [6.07, 6.45) is 4.94. The van der Waals surface area contributed by atoms with E-state index in [2.05, 4.69) is 26.7 Å². The molecular formula is C22H27N9O2. The fraction of sp³-hybridized carbons (Fsp3) is 0.545. The third-order valence-electron chi connectivity index (χ3n) is 6.74. The van der Waals surface area contributed by atoms with Crippen LogP contribution in [0.15, 0.2) is 12.4 Å². The number of rotatable bonds is 4. The average Bonchev–Trinajstić information content (AvgIpc) is 3.45. The van der Waals surface area contributed by atoms with E-state index in [0.29, 0.717) is 32.3 Å². The molecule has 2 fully saturated rings. The van der Waals surface area contributed by atoms with Crippen molar-refractivity contribution in [2.24, 2.45) is 0 Å². The fourth-order valence-electron chi connectivity index (χ4n) is 4.93. The lowest BCUT2D eigenvalue weighted by Crippen LogP contribution is -2.49. The second-order valence-electron chi connectivity index (χ2n) is 8.90. The van der Waals surface area contributed by atoms with Gasteiger partial charge in [-0.2, -0.15) is 10.2 Å². The third kappa shape index (κ3) is 3.91. The second-order valence-corrected chi connectivity index (χ2v) is 8.90. The van der Waals surface area contributed by atoms with Crippen molar-refractivity contribution in [2.45, 2.75) is 31.7 Å². The first-order chi connectivity index (χ1) is 16.0. The SMILES string of the molecule is C[C@]1(N2CCc3c(-c4cnc(N)nc4)nc(N4CCOCC4)nc32)CCN(C(=O)CC#N)C1. The van der Waals surface area contributed by atoms with Gasteiger partial charge in [-0.1, -0.05) is 0 Å². The summed E-state index contributed by atoms with van der Waals surface area (Å²) in [4.78, 5) is 36.9. The van der Waals surface area contributed by atoms with Crippen molar-refractivity contribution in [3.8, 4) is 17.3 Å². The fourth-order valence-corrected chi connectivity index (χ4v) is 4.93. The Morgan fingerprint density at radius 2 is 1.97 bits per heavy atom. The van der Waals surface area contributed by atoms with Gasteiger partial charge in [0.2, 0.25) is 17.8 Å². The zero-order chi connectivity index (χ0) is 23.0. The first kappa shape index (κ1) is 21.3. The Morgan fingerprint density at radius 3 is 2.70 bits per heavy atom. The number of nitrogen functional groups attached to an aromatic ring is 1. The lowest BCUT2D eigenvalue weighted by molar-refractivity contribution is -0.129. The van der Waals surface area contributed by atoms with E-state index in [9.17, 15) is 4.79 Å². The number of anilines is 3. The van der Waals surface area contributed by atoms with Gasteiger partial charge in [-0.25, -0.2) is 15.0 Å². The van der Waals surface area contributed by atoms with E-state index >= 15 is 0 Å². The Bertz CT molecular complexity index is 1090. The van der Waals surface area contributed by atoms with E-state index in [1.165, 1.54) is 0 Å². The van der Waals surface area contributed by atoms with Crippen LogP contribution in [0.3, 0.4) is 0 Å². The molecule has 3 aliphatic rings. The van der Waals surface area contributed by atoms with Crippen molar-refractivity contribution >= 4 is 23.6 Å². The average molecular weight is 450 g/mol. The summed E-state index contributed by atoms with van der Waals surface area (Å²) in [5, 5.41) is 8.92. The quantitative estimate of drug-likeness (QED) is 0.707. The number of nitriles is 1. The number of fused-ring (bicyclic) bond motifs is 1. The van der Waals surface area contributed by atoms with Gasteiger partial charge in [0.15, 0.2) is 0 Å². The van der Waals surface area contributed by atoms with Crippen LogP contribution in [-0.2, 0) is 16.0 Å². The highest BCUT2D eigenvalue weighted by Gasteiger charge is 2.44. The van der Waals surface area contributed by atoms with E-state index < -0.39 is 0 Å². The molecule has 0 aliphatic carbocycles. The standard InChI is InChI=1S/C22H27N9O2/c1-22(4-7-30(14-22)17(32)2-5-23)31-6-3-16-18(15-12-25-20(24)26-13-15)27-21(28-19(16)31)29-8-10-33-11-9-29/h12-13H,2-4,6-11,14H2,1H3,(H2,24,25,26)/t22-/m0/s1. The molecule has 2 saturated heterocycles. The number of nitrogens with zero attached hydrogens (tertiary/aromatic N) is 8. The first-order valence-corrected chi connectivity index (χ1v) is 11.2. The lowest BCUT2D eigenvalue weighted by Gasteiger charge is -2.37. The molecule has 1 atom stereocenters. The van der Waals surface area contributed by atoms with Crippen LogP contribution in [-0.4, -0.2) is 82.2 Å². The van der Waals surface area contributed by atoms with Crippen LogP contribution in [0.4, 0.5) is 17.7 Å². The Labute approximate surface area is 192 Å². The van der Waals surface area contributed by atoms with Crippen LogP contribution >= 0.6 is 0 Å². The molecule has 172 valence electrons. The molecule has 11 heteroatoms. The molecule has 0 radical (unpaired) electrons. The minimum Gasteiger partial charge on any atom is -0.378 e. The molecule has 11 nitrogen and oxygen atoms in total. The van der Waals surface area contributed by atoms with Gasteiger partial charge in [0.25, 0.3) is 0 Å². The van der Waals surface area contributed by atoms with Crippen molar-refractivity contribution in [3.05, 3.63) is 18.0 Å². The van der Waals surface area contributed by atoms with Crippen molar-refractivity contribution in [2.75, 3.05) is 61.5 Å². The first-order valence-electron chi connectivity index (χ1n) is 11.2. The van der Waals surface area contributed by atoms with E-state index in [-0.39, 0.29) is 23.8 Å². The van der Waals surface area contributed by atoms with Gasteiger partial charge in [0, 0.05) is 56.2 Å². The zero-order valence-corrected chi connectivity index (χ0v) is 18.7.